The molecule has 0 fully saturated rings. The van der Waals surface area contributed by atoms with Crippen LogP contribution in [0.5, 0.6) is 0 Å². The molecule has 2 N–H and O–H groups in total. The fourth-order valence-corrected chi connectivity index (χ4v) is 2.52. The summed E-state index contributed by atoms with van der Waals surface area (Å²) in [7, 11) is 5.74. The summed E-state index contributed by atoms with van der Waals surface area (Å²) in [4.78, 5) is 2.12. The Bertz CT molecular complexity index is 80.1. The SMILES string of the molecule is CSSC(C)CN(C)CN. The third-order valence-corrected chi connectivity index (χ3v) is 3.37. The van der Waals surface area contributed by atoms with Crippen molar-refractivity contribution in [3.05, 3.63) is 0 Å². The minimum Gasteiger partial charge on any atom is -0.318 e. The quantitative estimate of drug-likeness (QED) is 0.509. The lowest BCUT2D eigenvalue weighted by Crippen LogP contribution is -2.30. The molecule has 0 aliphatic heterocycles. The van der Waals surface area contributed by atoms with Gasteiger partial charge in [-0.15, -0.1) is 0 Å². The standard InChI is InChI=1S/C6H16N2S2/c1-6(10-9-3)4-8(2)5-7/h6H,4-5,7H2,1-3H3. The normalized spacial score (nSPS) is 14.1. The Morgan fingerprint density at radius 3 is 2.60 bits per heavy atom. The van der Waals surface area contributed by atoms with Crippen LogP contribution in [0.25, 0.3) is 0 Å². The van der Waals surface area contributed by atoms with E-state index in [1.54, 1.807) is 0 Å². The Morgan fingerprint density at radius 2 is 2.20 bits per heavy atom. The van der Waals surface area contributed by atoms with Gasteiger partial charge in [-0.25, -0.2) is 0 Å². The first-order chi connectivity index (χ1) is 4.70. The van der Waals surface area contributed by atoms with Gasteiger partial charge in [0.15, 0.2) is 0 Å². The van der Waals surface area contributed by atoms with Crippen molar-refractivity contribution >= 4 is 21.6 Å². The molecule has 0 aromatic carbocycles. The second kappa shape index (κ2) is 6.34. The first kappa shape index (κ1) is 10.6. The third kappa shape index (κ3) is 5.41. The van der Waals surface area contributed by atoms with Crippen molar-refractivity contribution in [1.82, 2.24) is 4.90 Å². The Labute approximate surface area is 71.3 Å². The number of rotatable bonds is 5. The third-order valence-electron chi connectivity index (χ3n) is 1.14. The van der Waals surface area contributed by atoms with Crippen LogP contribution in [0, 0.1) is 0 Å². The minimum absolute atomic E-state index is 0.652. The largest absolute Gasteiger partial charge is 0.318 e. The van der Waals surface area contributed by atoms with Crippen LogP contribution in [0.3, 0.4) is 0 Å². The van der Waals surface area contributed by atoms with Crippen molar-refractivity contribution in [2.24, 2.45) is 5.73 Å². The van der Waals surface area contributed by atoms with E-state index in [4.69, 9.17) is 5.73 Å². The topological polar surface area (TPSA) is 29.3 Å². The Morgan fingerprint density at radius 1 is 1.60 bits per heavy atom. The Kier molecular flexibility index (Phi) is 6.73. The Balaban J connectivity index is 3.27. The summed E-state index contributed by atoms with van der Waals surface area (Å²) in [5.41, 5.74) is 5.43. The molecule has 1 unspecified atom stereocenters. The van der Waals surface area contributed by atoms with E-state index in [-0.39, 0.29) is 0 Å². The molecule has 0 saturated carbocycles. The van der Waals surface area contributed by atoms with Gasteiger partial charge >= 0.3 is 0 Å². The summed E-state index contributed by atoms with van der Waals surface area (Å²) in [5.74, 6) is 0. The summed E-state index contributed by atoms with van der Waals surface area (Å²) in [6, 6.07) is 0. The van der Waals surface area contributed by atoms with Crippen LogP contribution in [0.2, 0.25) is 0 Å². The van der Waals surface area contributed by atoms with E-state index in [1.807, 2.05) is 28.6 Å². The van der Waals surface area contributed by atoms with Gasteiger partial charge in [0, 0.05) is 18.5 Å². The summed E-state index contributed by atoms with van der Waals surface area (Å²) in [5, 5.41) is 0.670. The lowest BCUT2D eigenvalue weighted by Gasteiger charge is -2.17. The van der Waals surface area contributed by atoms with Crippen molar-refractivity contribution in [3.63, 3.8) is 0 Å². The molecular weight excluding hydrogens is 164 g/mol. The van der Waals surface area contributed by atoms with Gasteiger partial charge < -0.3 is 5.73 Å². The highest BCUT2D eigenvalue weighted by atomic mass is 33.1. The van der Waals surface area contributed by atoms with Crippen LogP contribution in [0.15, 0.2) is 0 Å². The lowest BCUT2D eigenvalue weighted by molar-refractivity contribution is 0.350. The Hall–Kier alpha value is 0.620. The molecule has 62 valence electrons. The highest BCUT2D eigenvalue weighted by molar-refractivity contribution is 8.76. The molecule has 0 aromatic rings. The second-order valence-corrected chi connectivity index (χ2v) is 5.20. The molecule has 0 aliphatic carbocycles. The van der Waals surface area contributed by atoms with Gasteiger partial charge in [0.1, 0.15) is 0 Å². The fraction of sp³-hybridized carbons (Fsp3) is 1.00. The van der Waals surface area contributed by atoms with Crippen molar-refractivity contribution in [2.75, 3.05) is 26.5 Å². The van der Waals surface area contributed by atoms with E-state index in [1.165, 1.54) is 0 Å². The number of hydrogen-bond acceptors (Lipinski definition) is 4. The van der Waals surface area contributed by atoms with E-state index in [0.29, 0.717) is 11.9 Å². The molecule has 0 rings (SSSR count). The van der Waals surface area contributed by atoms with Crippen LogP contribution < -0.4 is 5.73 Å². The molecule has 10 heavy (non-hydrogen) atoms. The zero-order valence-corrected chi connectivity index (χ0v) is 8.47. The first-order valence-electron chi connectivity index (χ1n) is 3.28. The smallest absolute Gasteiger partial charge is 0.0452 e. The molecule has 1 atom stereocenters. The van der Waals surface area contributed by atoms with Crippen molar-refractivity contribution < 1.29 is 0 Å². The molecule has 4 heteroatoms. The average molecular weight is 180 g/mol. The molecular formula is C6H16N2S2. The fourth-order valence-electron chi connectivity index (χ4n) is 0.708. The summed E-state index contributed by atoms with van der Waals surface area (Å²) < 4.78 is 0. The zero-order chi connectivity index (χ0) is 7.98. The minimum atomic E-state index is 0.652. The van der Waals surface area contributed by atoms with Crippen LogP contribution in [-0.4, -0.2) is 36.7 Å². The van der Waals surface area contributed by atoms with Gasteiger partial charge in [-0.3, -0.25) is 4.90 Å². The van der Waals surface area contributed by atoms with Gasteiger partial charge in [0.05, 0.1) is 0 Å². The first-order valence-corrected chi connectivity index (χ1v) is 5.91. The zero-order valence-electron chi connectivity index (χ0n) is 6.83. The van der Waals surface area contributed by atoms with E-state index in [2.05, 4.69) is 18.1 Å². The lowest BCUT2D eigenvalue weighted by atomic mass is 10.4. The molecule has 0 saturated heterocycles. The predicted molar refractivity (Wildman–Crippen MR) is 52.3 cm³/mol. The maximum Gasteiger partial charge on any atom is 0.0452 e. The highest BCUT2D eigenvalue weighted by Gasteiger charge is 2.03. The van der Waals surface area contributed by atoms with Crippen LogP contribution in [0.1, 0.15) is 6.92 Å². The molecule has 0 aromatic heterocycles. The number of nitrogens with two attached hydrogens (primary N) is 1. The van der Waals surface area contributed by atoms with Gasteiger partial charge in [0.2, 0.25) is 0 Å². The molecule has 0 spiro atoms. The summed E-state index contributed by atoms with van der Waals surface area (Å²) >= 11 is 0. The highest BCUT2D eigenvalue weighted by Crippen LogP contribution is 2.23. The van der Waals surface area contributed by atoms with Gasteiger partial charge in [0.25, 0.3) is 0 Å². The molecule has 0 amide bonds. The maximum atomic E-state index is 5.43. The van der Waals surface area contributed by atoms with E-state index >= 15 is 0 Å². The second-order valence-electron chi connectivity index (χ2n) is 2.29. The molecule has 0 aliphatic rings. The van der Waals surface area contributed by atoms with E-state index < -0.39 is 0 Å². The monoisotopic (exact) mass is 180 g/mol. The molecule has 0 radical (unpaired) electrons. The van der Waals surface area contributed by atoms with Crippen LogP contribution in [0.4, 0.5) is 0 Å². The van der Waals surface area contributed by atoms with Gasteiger partial charge in [-0.1, -0.05) is 28.5 Å². The summed E-state index contributed by atoms with van der Waals surface area (Å²) in [6.07, 6.45) is 2.10. The van der Waals surface area contributed by atoms with E-state index in [9.17, 15) is 0 Å². The van der Waals surface area contributed by atoms with Gasteiger partial charge in [-0.2, -0.15) is 0 Å². The van der Waals surface area contributed by atoms with Crippen molar-refractivity contribution in [2.45, 2.75) is 12.2 Å². The maximum absolute atomic E-state index is 5.43. The van der Waals surface area contributed by atoms with Crippen LogP contribution >= 0.6 is 21.6 Å². The molecule has 2 nitrogen and oxygen atoms in total. The number of hydrogen-bond donors (Lipinski definition) is 1. The molecule has 0 bridgehead atoms. The summed E-state index contributed by atoms with van der Waals surface area (Å²) in [6.45, 7) is 3.94. The van der Waals surface area contributed by atoms with Gasteiger partial charge in [-0.05, 0) is 13.3 Å². The van der Waals surface area contributed by atoms with Crippen molar-refractivity contribution in [3.8, 4) is 0 Å². The van der Waals surface area contributed by atoms with Crippen LogP contribution in [-0.2, 0) is 0 Å². The molecule has 0 heterocycles. The van der Waals surface area contributed by atoms with Crippen molar-refractivity contribution in [1.29, 1.82) is 0 Å². The number of nitrogens with zero attached hydrogens (tertiary/aromatic N) is 1. The average Bonchev–Trinajstić information content (AvgIpc) is 1.88. The van der Waals surface area contributed by atoms with E-state index in [0.717, 1.165) is 6.54 Å². The predicted octanol–water partition coefficient (Wildman–Crippen LogP) is 1.23.